The summed E-state index contributed by atoms with van der Waals surface area (Å²) in [5, 5.41) is 12.5. The van der Waals surface area contributed by atoms with E-state index in [1.807, 2.05) is 31.3 Å². The van der Waals surface area contributed by atoms with Crippen LogP contribution in [0.25, 0.3) is 11.0 Å². The zero-order chi connectivity index (χ0) is 18.5. The van der Waals surface area contributed by atoms with Crippen molar-refractivity contribution >= 4 is 40.1 Å². The summed E-state index contributed by atoms with van der Waals surface area (Å²) in [6, 6.07) is 7.52. The van der Waals surface area contributed by atoms with E-state index in [4.69, 9.17) is 11.6 Å². The Kier molecular flexibility index (Phi) is 5.90. The fourth-order valence-electron chi connectivity index (χ4n) is 2.73. The Morgan fingerprint density at radius 3 is 2.54 bits per heavy atom. The van der Waals surface area contributed by atoms with Crippen LogP contribution in [0.1, 0.15) is 13.8 Å². The number of hydrogen-bond donors (Lipinski definition) is 2. The molecule has 26 heavy (non-hydrogen) atoms. The molecule has 8 heteroatoms. The molecule has 3 aromatic rings. The average Bonchev–Trinajstić information content (AvgIpc) is 3.02. The van der Waals surface area contributed by atoms with Crippen LogP contribution in [0.2, 0.25) is 5.02 Å². The number of rotatable bonds is 8. The number of nitrogens with one attached hydrogen (secondary N) is 2. The Morgan fingerprint density at radius 2 is 1.85 bits per heavy atom. The highest BCUT2D eigenvalue weighted by Crippen LogP contribution is 2.25. The molecule has 2 heterocycles. The van der Waals surface area contributed by atoms with E-state index in [1.54, 1.807) is 10.9 Å². The quantitative estimate of drug-likeness (QED) is 0.629. The van der Waals surface area contributed by atoms with Gasteiger partial charge in [0.05, 0.1) is 11.6 Å². The minimum Gasteiger partial charge on any atom is -0.353 e. The van der Waals surface area contributed by atoms with E-state index in [0.717, 1.165) is 48.7 Å². The number of benzene rings is 1. The van der Waals surface area contributed by atoms with Crippen LogP contribution in [0.3, 0.4) is 0 Å². The fourth-order valence-corrected chi connectivity index (χ4v) is 2.86. The van der Waals surface area contributed by atoms with Crippen molar-refractivity contribution in [1.82, 2.24) is 24.6 Å². The molecule has 2 N–H and O–H groups in total. The van der Waals surface area contributed by atoms with E-state index in [0.29, 0.717) is 11.0 Å². The van der Waals surface area contributed by atoms with Crippen LogP contribution < -0.4 is 10.6 Å². The summed E-state index contributed by atoms with van der Waals surface area (Å²) in [5.41, 5.74) is 1.69. The fraction of sp³-hybridized carbons (Fsp3) is 0.389. The van der Waals surface area contributed by atoms with Crippen molar-refractivity contribution in [2.24, 2.45) is 7.05 Å². The molecule has 0 atom stereocenters. The first-order valence-electron chi connectivity index (χ1n) is 8.79. The number of hydrogen-bond acceptors (Lipinski definition) is 6. The van der Waals surface area contributed by atoms with Crippen LogP contribution in [0.4, 0.5) is 17.5 Å². The molecule has 1 aromatic carbocycles. The summed E-state index contributed by atoms with van der Waals surface area (Å²) in [6.45, 7) is 8.11. The van der Waals surface area contributed by atoms with Crippen LogP contribution in [0.5, 0.6) is 0 Å². The van der Waals surface area contributed by atoms with Crippen molar-refractivity contribution in [3.05, 3.63) is 35.5 Å². The Balaban J connectivity index is 1.83. The molecule has 138 valence electrons. The maximum absolute atomic E-state index is 5.96. The van der Waals surface area contributed by atoms with Crippen LogP contribution in [-0.4, -0.2) is 50.8 Å². The summed E-state index contributed by atoms with van der Waals surface area (Å²) < 4.78 is 1.75. The van der Waals surface area contributed by atoms with Gasteiger partial charge < -0.3 is 15.5 Å². The number of fused-ring (bicyclic) bond motifs is 1. The predicted molar refractivity (Wildman–Crippen MR) is 107 cm³/mol. The van der Waals surface area contributed by atoms with Gasteiger partial charge in [0.1, 0.15) is 5.82 Å². The molecule has 0 saturated carbocycles. The number of aryl methyl sites for hydroxylation is 1. The lowest BCUT2D eigenvalue weighted by Crippen LogP contribution is -2.29. The van der Waals surface area contributed by atoms with Crippen molar-refractivity contribution < 1.29 is 0 Å². The second-order valence-corrected chi connectivity index (χ2v) is 6.42. The Morgan fingerprint density at radius 1 is 1.12 bits per heavy atom. The lowest BCUT2D eigenvalue weighted by Gasteiger charge is -2.18. The third-order valence-electron chi connectivity index (χ3n) is 4.30. The molecule has 0 unspecified atom stereocenters. The van der Waals surface area contributed by atoms with Gasteiger partial charge in [0.15, 0.2) is 5.65 Å². The zero-order valence-electron chi connectivity index (χ0n) is 15.3. The number of anilines is 3. The van der Waals surface area contributed by atoms with Gasteiger partial charge >= 0.3 is 0 Å². The maximum Gasteiger partial charge on any atom is 0.226 e. The largest absolute Gasteiger partial charge is 0.353 e. The number of nitrogens with zero attached hydrogens (tertiary/aromatic N) is 5. The summed E-state index contributed by atoms with van der Waals surface area (Å²) in [5.74, 6) is 1.31. The van der Waals surface area contributed by atoms with Crippen LogP contribution in [0, 0.1) is 0 Å². The molecule has 0 aliphatic carbocycles. The molecular weight excluding hydrogens is 350 g/mol. The molecule has 0 aliphatic heterocycles. The molecule has 0 radical (unpaired) electrons. The second kappa shape index (κ2) is 8.33. The molecule has 0 fully saturated rings. The smallest absolute Gasteiger partial charge is 0.226 e. The van der Waals surface area contributed by atoms with E-state index in [2.05, 4.69) is 44.4 Å². The molecule has 0 aliphatic rings. The third-order valence-corrected chi connectivity index (χ3v) is 4.56. The van der Waals surface area contributed by atoms with Crippen molar-refractivity contribution in [3.63, 3.8) is 0 Å². The average molecular weight is 374 g/mol. The lowest BCUT2D eigenvalue weighted by atomic mass is 10.3. The molecule has 0 spiro atoms. The highest BCUT2D eigenvalue weighted by atomic mass is 35.5. The summed E-state index contributed by atoms with van der Waals surface area (Å²) in [6.07, 6.45) is 1.77. The molecule has 2 aromatic heterocycles. The Labute approximate surface area is 158 Å². The van der Waals surface area contributed by atoms with Gasteiger partial charge in [-0.3, -0.25) is 4.68 Å². The van der Waals surface area contributed by atoms with Gasteiger partial charge in [-0.1, -0.05) is 25.4 Å². The minimum absolute atomic E-state index is 0.588. The monoisotopic (exact) mass is 373 g/mol. The summed E-state index contributed by atoms with van der Waals surface area (Å²) in [4.78, 5) is 11.6. The van der Waals surface area contributed by atoms with Gasteiger partial charge in [-0.2, -0.15) is 15.1 Å². The maximum atomic E-state index is 5.96. The second-order valence-electron chi connectivity index (χ2n) is 5.99. The molecule has 3 rings (SSSR count). The topological polar surface area (TPSA) is 70.9 Å². The Hall–Kier alpha value is -2.38. The van der Waals surface area contributed by atoms with Gasteiger partial charge in [-0.25, -0.2) is 0 Å². The highest BCUT2D eigenvalue weighted by Gasteiger charge is 2.12. The molecular formula is C18H24ClN7. The SMILES string of the molecule is CCN(CC)CCNc1nc(Nc2ccc(Cl)cc2)c2cnn(C)c2n1. The highest BCUT2D eigenvalue weighted by molar-refractivity contribution is 6.30. The molecule has 0 amide bonds. The van der Waals surface area contributed by atoms with Gasteiger partial charge in [0.2, 0.25) is 5.95 Å². The van der Waals surface area contributed by atoms with Gasteiger partial charge in [-0.15, -0.1) is 0 Å². The molecule has 0 saturated heterocycles. The number of aromatic nitrogens is 4. The van der Waals surface area contributed by atoms with Crippen LogP contribution in [0.15, 0.2) is 30.5 Å². The van der Waals surface area contributed by atoms with Gasteiger partial charge in [0, 0.05) is 30.8 Å². The normalized spacial score (nSPS) is 11.3. The first kappa shape index (κ1) is 18.4. The van der Waals surface area contributed by atoms with E-state index < -0.39 is 0 Å². The van der Waals surface area contributed by atoms with Gasteiger partial charge in [0.25, 0.3) is 0 Å². The minimum atomic E-state index is 0.588. The lowest BCUT2D eigenvalue weighted by molar-refractivity contribution is 0.316. The van der Waals surface area contributed by atoms with Crippen LogP contribution >= 0.6 is 11.6 Å². The molecule has 0 bridgehead atoms. The van der Waals surface area contributed by atoms with Crippen molar-refractivity contribution in [3.8, 4) is 0 Å². The number of halogens is 1. The Bertz CT molecular complexity index is 856. The van der Waals surface area contributed by atoms with E-state index in [9.17, 15) is 0 Å². The zero-order valence-corrected chi connectivity index (χ0v) is 16.1. The van der Waals surface area contributed by atoms with Crippen molar-refractivity contribution in [2.45, 2.75) is 13.8 Å². The third kappa shape index (κ3) is 4.23. The van der Waals surface area contributed by atoms with Crippen LogP contribution in [-0.2, 0) is 7.05 Å². The first-order chi connectivity index (χ1) is 12.6. The van der Waals surface area contributed by atoms with E-state index in [-0.39, 0.29) is 0 Å². The van der Waals surface area contributed by atoms with Crippen molar-refractivity contribution in [1.29, 1.82) is 0 Å². The van der Waals surface area contributed by atoms with E-state index in [1.165, 1.54) is 0 Å². The van der Waals surface area contributed by atoms with Gasteiger partial charge in [-0.05, 0) is 37.4 Å². The summed E-state index contributed by atoms with van der Waals surface area (Å²) in [7, 11) is 1.88. The predicted octanol–water partition coefficient (Wildman–Crippen LogP) is 3.51. The standard InChI is InChI=1S/C18H24ClN7/c1-4-26(5-2)11-10-20-18-23-16(15-12-21-25(3)17(15)24-18)22-14-8-6-13(19)7-9-14/h6-9,12H,4-5,10-11H2,1-3H3,(H2,20,22,23,24). The van der Waals surface area contributed by atoms with E-state index >= 15 is 0 Å². The number of likely N-dealkylation sites (N-methyl/N-ethyl adjacent to an activating group) is 1. The first-order valence-corrected chi connectivity index (χ1v) is 9.17. The molecule has 7 nitrogen and oxygen atoms in total. The van der Waals surface area contributed by atoms with Crippen molar-refractivity contribution in [2.75, 3.05) is 36.8 Å². The summed E-state index contributed by atoms with van der Waals surface area (Å²) >= 11 is 5.96.